The van der Waals surface area contributed by atoms with E-state index in [4.69, 9.17) is 4.74 Å². The van der Waals surface area contributed by atoms with Crippen LogP contribution in [0.5, 0.6) is 11.5 Å². The van der Waals surface area contributed by atoms with Crippen molar-refractivity contribution in [2.45, 2.75) is 26.4 Å². The lowest BCUT2D eigenvalue weighted by atomic mass is 10.0. The second-order valence-electron chi connectivity index (χ2n) is 6.10. The molecule has 2 aromatic carbocycles. The number of amides is 1. The summed E-state index contributed by atoms with van der Waals surface area (Å²) in [5.41, 5.74) is 0.460. The lowest BCUT2D eigenvalue weighted by Crippen LogP contribution is -2.29. The normalized spacial score (nSPS) is 13.2. The summed E-state index contributed by atoms with van der Waals surface area (Å²) in [6.45, 7) is 4.13. The molecular formula is C19H21F2NO3. The SMILES string of the molecule is CC(O)CC(C)CNC(=O)c1ccc(Oc2ccc(F)c(F)c2)cc1. The van der Waals surface area contributed by atoms with Crippen LogP contribution in [0.4, 0.5) is 8.78 Å². The van der Waals surface area contributed by atoms with Crippen molar-refractivity contribution in [3.63, 3.8) is 0 Å². The topological polar surface area (TPSA) is 58.6 Å². The van der Waals surface area contributed by atoms with E-state index >= 15 is 0 Å². The molecule has 0 bridgehead atoms. The number of aliphatic hydroxyl groups is 1. The lowest BCUT2D eigenvalue weighted by Gasteiger charge is -2.14. The Kier molecular flexibility index (Phi) is 6.47. The third kappa shape index (κ3) is 5.83. The first-order chi connectivity index (χ1) is 11.8. The molecule has 0 aliphatic rings. The average Bonchev–Trinajstić information content (AvgIpc) is 2.56. The van der Waals surface area contributed by atoms with Crippen molar-refractivity contribution in [3.05, 3.63) is 59.7 Å². The standard InChI is InChI=1S/C19H21F2NO3/c1-12(9-13(2)23)11-22-19(24)14-3-5-15(6-4-14)25-16-7-8-17(20)18(21)10-16/h3-8,10,12-13,23H,9,11H2,1-2H3,(H,22,24). The fraction of sp³-hybridized carbons (Fsp3) is 0.316. The molecule has 0 radical (unpaired) electrons. The highest BCUT2D eigenvalue weighted by Gasteiger charge is 2.10. The molecule has 25 heavy (non-hydrogen) atoms. The fourth-order valence-electron chi connectivity index (χ4n) is 2.39. The van der Waals surface area contributed by atoms with E-state index in [1.807, 2.05) is 6.92 Å². The number of carbonyl (C=O) groups is 1. The minimum Gasteiger partial charge on any atom is -0.457 e. The molecule has 2 aromatic rings. The Hall–Kier alpha value is -2.47. The van der Waals surface area contributed by atoms with E-state index in [1.165, 1.54) is 6.07 Å². The number of ether oxygens (including phenoxy) is 1. The largest absolute Gasteiger partial charge is 0.457 e. The highest BCUT2D eigenvalue weighted by atomic mass is 19.2. The second kappa shape index (κ2) is 8.58. The van der Waals surface area contributed by atoms with E-state index in [9.17, 15) is 18.7 Å². The van der Waals surface area contributed by atoms with Crippen LogP contribution in [0.1, 0.15) is 30.6 Å². The van der Waals surface area contributed by atoms with Crippen LogP contribution in [0, 0.1) is 17.6 Å². The molecule has 6 heteroatoms. The number of rotatable bonds is 7. The molecule has 2 N–H and O–H groups in total. The Morgan fingerprint density at radius 3 is 2.32 bits per heavy atom. The number of nitrogens with one attached hydrogen (secondary N) is 1. The second-order valence-corrected chi connectivity index (χ2v) is 6.10. The molecule has 0 fully saturated rings. The summed E-state index contributed by atoms with van der Waals surface area (Å²) in [6.07, 6.45) is 0.209. The van der Waals surface area contributed by atoms with Gasteiger partial charge < -0.3 is 15.2 Å². The number of benzene rings is 2. The molecule has 134 valence electrons. The van der Waals surface area contributed by atoms with E-state index in [0.717, 1.165) is 12.1 Å². The monoisotopic (exact) mass is 349 g/mol. The van der Waals surface area contributed by atoms with Gasteiger partial charge in [-0.2, -0.15) is 0 Å². The van der Waals surface area contributed by atoms with Crippen LogP contribution in [0.2, 0.25) is 0 Å². The first kappa shape index (κ1) is 18.9. The number of hydrogen-bond acceptors (Lipinski definition) is 3. The minimum atomic E-state index is -0.986. The molecule has 2 atom stereocenters. The summed E-state index contributed by atoms with van der Waals surface area (Å²) in [4.78, 5) is 12.1. The van der Waals surface area contributed by atoms with Crippen molar-refractivity contribution < 1.29 is 23.4 Å². The third-order valence-electron chi connectivity index (χ3n) is 3.60. The predicted molar refractivity (Wildman–Crippen MR) is 90.7 cm³/mol. The minimum absolute atomic E-state index is 0.167. The summed E-state index contributed by atoms with van der Waals surface area (Å²) in [5, 5.41) is 12.1. The maximum Gasteiger partial charge on any atom is 0.251 e. The molecule has 0 spiro atoms. The summed E-state index contributed by atoms with van der Waals surface area (Å²) in [5.74, 6) is -1.41. The molecule has 0 aliphatic carbocycles. The number of hydrogen-bond donors (Lipinski definition) is 2. The Morgan fingerprint density at radius 2 is 1.72 bits per heavy atom. The summed E-state index contributed by atoms with van der Waals surface area (Å²) >= 11 is 0. The molecular weight excluding hydrogens is 328 g/mol. The van der Waals surface area contributed by atoms with Crippen molar-refractivity contribution in [1.29, 1.82) is 0 Å². The predicted octanol–water partition coefficient (Wildman–Crippen LogP) is 3.89. The van der Waals surface area contributed by atoms with Gasteiger partial charge in [0.15, 0.2) is 11.6 Å². The van der Waals surface area contributed by atoms with Crippen molar-refractivity contribution in [2.24, 2.45) is 5.92 Å². The zero-order valence-corrected chi connectivity index (χ0v) is 14.1. The van der Waals surface area contributed by atoms with Gasteiger partial charge in [0, 0.05) is 18.2 Å². The average molecular weight is 349 g/mol. The first-order valence-electron chi connectivity index (χ1n) is 8.04. The molecule has 0 saturated carbocycles. The molecule has 1 amide bonds. The quantitative estimate of drug-likeness (QED) is 0.797. The van der Waals surface area contributed by atoms with Crippen LogP contribution in [-0.2, 0) is 0 Å². The van der Waals surface area contributed by atoms with Gasteiger partial charge in [-0.15, -0.1) is 0 Å². The van der Waals surface area contributed by atoms with E-state index < -0.39 is 17.7 Å². The van der Waals surface area contributed by atoms with Gasteiger partial charge in [0.1, 0.15) is 11.5 Å². The molecule has 2 rings (SSSR count). The Balaban J connectivity index is 1.92. The maximum atomic E-state index is 13.2. The van der Waals surface area contributed by atoms with Crippen molar-refractivity contribution in [1.82, 2.24) is 5.32 Å². The zero-order chi connectivity index (χ0) is 18.4. The van der Waals surface area contributed by atoms with Crippen LogP contribution >= 0.6 is 0 Å². The lowest BCUT2D eigenvalue weighted by molar-refractivity contribution is 0.0939. The molecule has 0 aromatic heterocycles. The van der Waals surface area contributed by atoms with Gasteiger partial charge in [-0.05, 0) is 55.7 Å². The van der Waals surface area contributed by atoms with Gasteiger partial charge >= 0.3 is 0 Å². The van der Waals surface area contributed by atoms with Crippen LogP contribution in [0.3, 0.4) is 0 Å². The number of halogens is 2. The van der Waals surface area contributed by atoms with E-state index in [0.29, 0.717) is 24.3 Å². The maximum absolute atomic E-state index is 13.2. The highest BCUT2D eigenvalue weighted by Crippen LogP contribution is 2.23. The molecule has 0 aliphatic heterocycles. The van der Waals surface area contributed by atoms with E-state index in [1.54, 1.807) is 31.2 Å². The van der Waals surface area contributed by atoms with Crippen molar-refractivity contribution >= 4 is 5.91 Å². The van der Waals surface area contributed by atoms with Crippen molar-refractivity contribution in [3.8, 4) is 11.5 Å². The van der Waals surface area contributed by atoms with Gasteiger partial charge in [-0.3, -0.25) is 4.79 Å². The highest BCUT2D eigenvalue weighted by molar-refractivity contribution is 5.94. The molecule has 0 heterocycles. The Bertz CT molecular complexity index is 717. The van der Waals surface area contributed by atoms with Crippen LogP contribution < -0.4 is 10.1 Å². The van der Waals surface area contributed by atoms with Gasteiger partial charge in [0.25, 0.3) is 5.91 Å². The fourth-order valence-corrected chi connectivity index (χ4v) is 2.39. The summed E-state index contributed by atoms with van der Waals surface area (Å²) < 4.78 is 31.5. The van der Waals surface area contributed by atoms with Gasteiger partial charge in [-0.1, -0.05) is 6.92 Å². The third-order valence-corrected chi connectivity index (χ3v) is 3.60. The van der Waals surface area contributed by atoms with E-state index in [-0.39, 0.29) is 17.6 Å². The van der Waals surface area contributed by atoms with Gasteiger partial charge in [0.2, 0.25) is 0 Å². The van der Waals surface area contributed by atoms with Crippen LogP contribution in [-0.4, -0.2) is 23.7 Å². The molecule has 0 saturated heterocycles. The first-order valence-corrected chi connectivity index (χ1v) is 8.04. The van der Waals surface area contributed by atoms with Crippen molar-refractivity contribution in [2.75, 3.05) is 6.54 Å². The molecule has 2 unspecified atom stereocenters. The number of carbonyl (C=O) groups excluding carboxylic acids is 1. The van der Waals surface area contributed by atoms with Gasteiger partial charge in [0.05, 0.1) is 6.10 Å². The summed E-state index contributed by atoms with van der Waals surface area (Å²) in [6, 6.07) is 9.60. The van der Waals surface area contributed by atoms with Crippen LogP contribution in [0.15, 0.2) is 42.5 Å². The summed E-state index contributed by atoms with van der Waals surface area (Å²) in [7, 11) is 0. The van der Waals surface area contributed by atoms with E-state index in [2.05, 4.69) is 5.32 Å². The Morgan fingerprint density at radius 1 is 1.08 bits per heavy atom. The number of aliphatic hydroxyl groups excluding tert-OH is 1. The zero-order valence-electron chi connectivity index (χ0n) is 14.1. The van der Waals surface area contributed by atoms with Crippen LogP contribution in [0.25, 0.3) is 0 Å². The Labute approximate surface area is 145 Å². The van der Waals surface area contributed by atoms with Gasteiger partial charge in [-0.25, -0.2) is 8.78 Å². The smallest absolute Gasteiger partial charge is 0.251 e. The molecule has 4 nitrogen and oxygen atoms in total.